The highest BCUT2D eigenvalue weighted by molar-refractivity contribution is 5.79. The maximum absolute atomic E-state index is 12.4. The number of amides is 1. The van der Waals surface area contributed by atoms with Gasteiger partial charge in [0.2, 0.25) is 11.7 Å². The van der Waals surface area contributed by atoms with Crippen molar-refractivity contribution in [2.75, 3.05) is 21.3 Å². The lowest BCUT2D eigenvalue weighted by Crippen LogP contribution is -2.41. The Morgan fingerprint density at radius 1 is 1.09 bits per heavy atom. The number of ether oxygens (including phenoxy) is 3. The molecule has 1 aliphatic rings. The smallest absolute Gasteiger partial charge is 0.224 e. The first-order chi connectivity index (χ1) is 11.1. The lowest BCUT2D eigenvalue weighted by atomic mass is 9.86. The number of benzene rings is 1. The third kappa shape index (κ3) is 4.30. The fourth-order valence-corrected chi connectivity index (χ4v) is 3.21. The van der Waals surface area contributed by atoms with E-state index in [4.69, 9.17) is 14.2 Å². The van der Waals surface area contributed by atoms with Crippen LogP contribution in [0.4, 0.5) is 0 Å². The average molecular weight is 321 g/mol. The van der Waals surface area contributed by atoms with E-state index in [0.717, 1.165) is 12.0 Å². The van der Waals surface area contributed by atoms with Crippen molar-refractivity contribution in [1.29, 1.82) is 0 Å². The molecule has 1 fully saturated rings. The molecule has 2 rings (SSSR count). The van der Waals surface area contributed by atoms with Crippen LogP contribution in [-0.4, -0.2) is 33.3 Å². The summed E-state index contributed by atoms with van der Waals surface area (Å²) in [6.45, 7) is 2.21. The molecule has 1 saturated carbocycles. The number of hydrogen-bond acceptors (Lipinski definition) is 4. The van der Waals surface area contributed by atoms with Crippen LogP contribution in [0.2, 0.25) is 0 Å². The molecule has 0 radical (unpaired) electrons. The Balaban J connectivity index is 2.08. The number of methoxy groups -OCH3 is 3. The van der Waals surface area contributed by atoms with Gasteiger partial charge in [0.05, 0.1) is 27.8 Å². The van der Waals surface area contributed by atoms with Crippen molar-refractivity contribution in [2.45, 2.75) is 45.1 Å². The summed E-state index contributed by atoms with van der Waals surface area (Å²) in [7, 11) is 4.72. The molecule has 23 heavy (non-hydrogen) atoms. The zero-order valence-corrected chi connectivity index (χ0v) is 14.5. The molecule has 1 aliphatic carbocycles. The summed E-state index contributed by atoms with van der Waals surface area (Å²) < 4.78 is 16.0. The van der Waals surface area contributed by atoms with Gasteiger partial charge in [-0.25, -0.2) is 0 Å². The van der Waals surface area contributed by atoms with E-state index in [0.29, 0.717) is 35.6 Å². The van der Waals surface area contributed by atoms with Crippen LogP contribution in [0, 0.1) is 5.92 Å². The van der Waals surface area contributed by atoms with E-state index < -0.39 is 0 Å². The van der Waals surface area contributed by atoms with Crippen LogP contribution in [0.5, 0.6) is 17.2 Å². The first kappa shape index (κ1) is 17.4. The molecule has 1 N–H and O–H groups in total. The predicted molar refractivity (Wildman–Crippen MR) is 89.4 cm³/mol. The molecular formula is C18H27NO4. The Labute approximate surface area is 138 Å². The van der Waals surface area contributed by atoms with Crippen molar-refractivity contribution in [1.82, 2.24) is 5.32 Å². The second-order valence-corrected chi connectivity index (χ2v) is 6.15. The molecule has 1 aromatic rings. The van der Waals surface area contributed by atoms with E-state index in [1.807, 2.05) is 12.1 Å². The monoisotopic (exact) mass is 321 g/mol. The van der Waals surface area contributed by atoms with Crippen molar-refractivity contribution in [3.63, 3.8) is 0 Å². The normalized spacial score (nSPS) is 20.7. The van der Waals surface area contributed by atoms with E-state index in [2.05, 4.69) is 12.2 Å². The number of rotatable bonds is 6. The van der Waals surface area contributed by atoms with E-state index in [-0.39, 0.29) is 5.91 Å². The van der Waals surface area contributed by atoms with Gasteiger partial charge in [-0.1, -0.05) is 19.8 Å². The van der Waals surface area contributed by atoms with E-state index >= 15 is 0 Å². The van der Waals surface area contributed by atoms with Crippen LogP contribution >= 0.6 is 0 Å². The van der Waals surface area contributed by atoms with Crippen molar-refractivity contribution in [2.24, 2.45) is 5.92 Å². The lowest BCUT2D eigenvalue weighted by molar-refractivity contribution is -0.121. The molecule has 1 amide bonds. The number of carbonyl (C=O) groups excluding carboxylic acids is 1. The van der Waals surface area contributed by atoms with Gasteiger partial charge in [-0.3, -0.25) is 4.79 Å². The highest BCUT2D eigenvalue weighted by atomic mass is 16.5. The Morgan fingerprint density at radius 3 is 2.22 bits per heavy atom. The maximum Gasteiger partial charge on any atom is 0.224 e. The molecule has 128 valence electrons. The molecule has 0 spiro atoms. The molecule has 0 heterocycles. The molecule has 1 aromatic carbocycles. The number of hydrogen-bond donors (Lipinski definition) is 1. The fourth-order valence-electron chi connectivity index (χ4n) is 3.21. The zero-order valence-electron chi connectivity index (χ0n) is 14.5. The van der Waals surface area contributed by atoms with Crippen molar-refractivity contribution >= 4 is 5.91 Å². The first-order valence-electron chi connectivity index (χ1n) is 8.17. The van der Waals surface area contributed by atoms with Gasteiger partial charge in [0, 0.05) is 6.04 Å². The summed E-state index contributed by atoms with van der Waals surface area (Å²) in [5, 5.41) is 3.17. The van der Waals surface area contributed by atoms with Gasteiger partial charge in [-0.15, -0.1) is 0 Å². The summed E-state index contributed by atoms with van der Waals surface area (Å²) >= 11 is 0. The third-order valence-corrected chi connectivity index (χ3v) is 4.55. The Morgan fingerprint density at radius 2 is 1.70 bits per heavy atom. The highest BCUT2D eigenvalue weighted by Gasteiger charge is 2.23. The van der Waals surface area contributed by atoms with Crippen LogP contribution in [0.1, 0.15) is 38.2 Å². The molecule has 0 bridgehead atoms. The van der Waals surface area contributed by atoms with Gasteiger partial charge < -0.3 is 19.5 Å². The Bertz CT molecular complexity index is 519. The predicted octanol–water partition coefficient (Wildman–Crippen LogP) is 2.95. The van der Waals surface area contributed by atoms with Crippen molar-refractivity contribution in [3.05, 3.63) is 17.7 Å². The van der Waals surface area contributed by atoms with Crippen molar-refractivity contribution < 1.29 is 19.0 Å². The summed E-state index contributed by atoms with van der Waals surface area (Å²) in [6.07, 6.45) is 5.02. The number of nitrogens with one attached hydrogen (secondary N) is 1. The summed E-state index contributed by atoms with van der Waals surface area (Å²) in [5.74, 6) is 2.27. The molecule has 5 heteroatoms. The summed E-state index contributed by atoms with van der Waals surface area (Å²) in [5.41, 5.74) is 0.848. The quantitative estimate of drug-likeness (QED) is 0.875. The molecule has 2 atom stereocenters. The standard InChI is InChI=1S/C18H27NO4/c1-12-7-5-6-8-14(12)19-17(20)11-13-9-15(21-2)18(23-4)16(10-13)22-3/h9-10,12,14H,5-8,11H2,1-4H3,(H,19,20)/t12-,14+/m1/s1. The van der Waals surface area contributed by atoms with Crippen LogP contribution in [0.25, 0.3) is 0 Å². The number of carbonyl (C=O) groups is 1. The Hall–Kier alpha value is -1.91. The first-order valence-corrected chi connectivity index (χ1v) is 8.17. The second kappa shape index (κ2) is 8.09. The van der Waals surface area contributed by atoms with Gasteiger partial charge in [0.15, 0.2) is 11.5 Å². The molecule has 0 saturated heterocycles. The van der Waals surface area contributed by atoms with Crippen LogP contribution in [0.3, 0.4) is 0 Å². The van der Waals surface area contributed by atoms with Gasteiger partial charge >= 0.3 is 0 Å². The molecule has 0 unspecified atom stereocenters. The zero-order chi connectivity index (χ0) is 16.8. The molecule has 0 aromatic heterocycles. The lowest BCUT2D eigenvalue weighted by Gasteiger charge is -2.29. The SMILES string of the molecule is COc1cc(CC(=O)N[C@H]2CCCC[C@H]2C)cc(OC)c1OC. The largest absolute Gasteiger partial charge is 0.493 e. The average Bonchev–Trinajstić information content (AvgIpc) is 2.55. The third-order valence-electron chi connectivity index (χ3n) is 4.55. The second-order valence-electron chi connectivity index (χ2n) is 6.15. The minimum absolute atomic E-state index is 0.0398. The van der Waals surface area contributed by atoms with Crippen molar-refractivity contribution in [3.8, 4) is 17.2 Å². The fraction of sp³-hybridized carbons (Fsp3) is 0.611. The molecule has 5 nitrogen and oxygen atoms in total. The van der Waals surface area contributed by atoms with E-state index in [1.54, 1.807) is 21.3 Å². The van der Waals surface area contributed by atoms with Crippen LogP contribution in [0.15, 0.2) is 12.1 Å². The van der Waals surface area contributed by atoms with E-state index in [1.165, 1.54) is 19.3 Å². The van der Waals surface area contributed by atoms with Crippen LogP contribution < -0.4 is 19.5 Å². The topological polar surface area (TPSA) is 56.8 Å². The van der Waals surface area contributed by atoms with Gasteiger partial charge in [0.25, 0.3) is 0 Å². The molecular weight excluding hydrogens is 294 g/mol. The van der Waals surface area contributed by atoms with Gasteiger partial charge in [-0.2, -0.15) is 0 Å². The molecule has 0 aliphatic heterocycles. The van der Waals surface area contributed by atoms with Gasteiger partial charge in [0.1, 0.15) is 0 Å². The minimum atomic E-state index is 0.0398. The minimum Gasteiger partial charge on any atom is -0.493 e. The summed E-state index contributed by atoms with van der Waals surface area (Å²) in [4.78, 5) is 12.4. The van der Waals surface area contributed by atoms with Crippen LogP contribution in [-0.2, 0) is 11.2 Å². The van der Waals surface area contributed by atoms with E-state index in [9.17, 15) is 4.79 Å². The summed E-state index contributed by atoms with van der Waals surface area (Å²) in [6, 6.07) is 3.94. The Kier molecular flexibility index (Phi) is 6.13. The van der Waals surface area contributed by atoms with Gasteiger partial charge in [-0.05, 0) is 36.5 Å². The highest BCUT2D eigenvalue weighted by Crippen LogP contribution is 2.38. The maximum atomic E-state index is 12.4.